The average molecular weight is 271 g/mol. The molecule has 2 rings (SSSR count). The van der Waals surface area contributed by atoms with Gasteiger partial charge in [-0.2, -0.15) is 13.2 Å². The first-order valence-corrected chi connectivity index (χ1v) is 6.80. The Morgan fingerprint density at radius 3 is 2.47 bits per heavy atom. The Balaban J connectivity index is 2.13. The summed E-state index contributed by atoms with van der Waals surface area (Å²) < 4.78 is 38.9. The molecule has 0 spiro atoms. The van der Waals surface area contributed by atoms with E-state index in [0.29, 0.717) is 17.5 Å². The van der Waals surface area contributed by atoms with Gasteiger partial charge < -0.3 is 5.32 Å². The van der Waals surface area contributed by atoms with Gasteiger partial charge in [0.25, 0.3) is 0 Å². The fourth-order valence-corrected chi connectivity index (χ4v) is 2.93. The quantitative estimate of drug-likeness (QED) is 0.850. The highest BCUT2D eigenvalue weighted by molar-refractivity contribution is 5.32. The summed E-state index contributed by atoms with van der Waals surface area (Å²) in [5.74, 6) is 0.669. The van der Waals surface area contributed by atoms with Crippen LogP contribution in [-0.2, 0) is 6.18 Å². The van der Waals surface area contributed by atoms with Gasteiger partial charge in [0, 0.05) is 12.1 Å². The molecule has 0 aromatic heterocycles. The van der Waals surface area contributed by atoms with Crippen LogP contribution in [0, 0.1) is 5.92 Å². The SMILES string of the molecule is CC1CCC(NC(C)c2ccccc2C(F)(F)F)C1. The lowest BCUT2D eigenvalue weighted by Gasteiger charge is -2.23. The van der Waals surface area contributed by atoms with E-state index in [2.05, 4.69) is 12.2 Å². The van der Waals surface area contributed by atoms with Crippen molar-refractivity contribution in [1.82, 2.24) is 5.32 Å². The first-order valence-electron chi connectivity index (χ1n) is 6.80. The molecule has 1 N–H and O–H groups in total. The van der Waals surface area contributed by atoms with Gasteiger partial charge in [-0.05, 0) is 43.7 Å². The van der Waals surface area contributed by atoms with Crippen molar-refractivity contribution in [1.29, 1.82) is 0 Å². The van der Waals surface area contributed by atoms with Crippen LogP contribution in [-0.4, -0.2) is 6.04 Å². The van der Waals surface area contributed by atoms with Crippen LogP contribution < -0.4 is 5.32 Å². The Labute approximate surface area is 112 Å². The maximum Gasteiger partial charge on any atom is 0.416 e. The van der Waals surface area contributed by atoms with Crippen molar-refractivity contribution in [2.45, 2.75) is 51.4 Å². The molecule has 0 bridgehead atoms. The van der Waals surface area contributed by atoms with E-state index in [4.69, 9.17) is 0 Å². The summed E-state index contributed by atoms with van der Waals surface area (Å²) in [6.45, 7) is 4.00. The predicted molar refractivity (Wildman–Crippen MR) is 69.8 cm³/mol. The third kappa shape index (κ3) is 3.50. The number of alkyl halides is 3. The Morgan fingerprint density at radius 1 is 1.21 bits per heavy atom. The van der Waals surface area contributed by atoms with E-state index in [-0.39, 0.29) is 6.04 Å². The molecule has 1 aromatic rings. The maximum atomic E-state index is 13.0. The number of rotatable bonds is 3. The van der Waals surface area contributed by atoms with Gasteiger partial charge in [-0.3, -0.25) is 0 Å². The molecule has 1 aliphatic carbocycles. The van der Waals surface area contributed by atoms with Crippen LogP contribution >= 0.6 is 0 Å². The van der Waals surface area contributed by atoms with E-state index >= 15 is 0 Å². The summed E-state index contributed by atoms with van der Waals surface area (Å²) in [5.41, 5.74) is -0.185. The van der Waals surface area contributed by atoms with Crippen molar-refractivity contribution >= 4 is 0 Å². The van der Waals surface area contributed by atoms with Gasteiger partial charge in [0.2, 0.25) is 0 Å². The van der Waals surface area contributed by atoms with Gasteiger partial charge in [-0.15, -0.1) is 0 Å². The molecule has 106 valence electrons. The number of hydrogen-bond donors (Lipinski definition) is 1. The molecule has 4 heteroatoms. The standard InChI is InChI=1S/C15H20F3N/c1-10-7-8-12(9-10)19-11(2)13-5-3-4-6-14(13)15(16,17)18/h3-6,10-12,19H,7-9H2,1-2H3. The molecule has 1 nitrogen and oxygen atoms in total. The predicted octanol–water partition coefficient (Wildman–Crippen LogP) is 4.54. The van der Waals surface area contributed by atoms with E-state index in [1.807, 2.05) is 6.92 Å². The average Bonchev–Trinajstić information content (AvgIpc) is 2.73. The molecule has 0 radical (unpaired) electrons. The minimum Gasteiger partial charge on any atom is -0.307 e. The van der Waals surface area contributed by atoms with Crippen LogP contribution in [0.5, 0.6) is 0 Å². The Hall–Kier alpha value is -1.03. The molecule has 1 fully saturated rings. The molecule has 1 saturated carbocycles. The van der Waals surface area contributed by atoms with E-state index < -0.39 is 11.7 Å². The van der Waals surface area contributed by atoms with Crippen LogP contribution in [0.1, 0.15) is 50.3 Å². The lowest BCUT2D eigenvalue weighted by atomic mass is 10.00. The monoisotopic (exact) mass is 271 g/mol. The number of hydrogen-bond acceptors (Lipinski definition) is 1. The maximum absolute atomic E-state index is 13.0. The van der Waals surface area contributed by atoms with Gasteiger partial charge >= 0.3 is 6.18 Å². The third-order valence-electron chi connectivity index (χ3n) is 3.91. The third-order valence-corrected chi connectivity index (χ3v) is 3.91. The molecular weight excluding hydrogens is 251 g/mol. The van der Waals surface area contributed by atoms with Crippen LogP contribution in [0.3, 0.4) is 0 Å². The van der Waals surface area contributed by atoms with Gasteiger partial charge in [0.05, 0.1) is 5.56 Å². The van der Waals surface area contributed by atoms with Gasteiger partial charge in [0.1, 0.15) is 0 Å². The normalized spacial score (nSPS) is 25.5. The second kappa shape index (κ2) is 5.53. The molecule has 0 heterocycles. The van der Waals surface area contributed by atoms with E-state index in [0.717, 1.165) is 25.3 Å². The van der Waals surface area contributed by atoms with Crippen molar-refractivity contribution in [2.75, 3.05) is 0 Å². The molecular formula is C15H20F3N. The van der Waals surface area contributed by atoms with Crippen molar-refractivity contribution in [3.63, 3.8) is 0 Å². The molecule has 0 amide bonds. The topological polar surface area (TPSA) is 12.0 Å². The van der Waals surface area contributed by atoms with Crippen LogP contribution in [0.25, 0.3) is 0 Å². The summed E-state index contributed by atoms with van der Waals surface area (Å²) in [6.07, 6.45) is -1.01. The van der Waals surface area contributed by atoms with Crippen molar-refractivity contribution in [2.24, 2.45) is 5.92 Å². The van der Waals surface area contributed by atoms with E-state index in [1.165, 1.54) is 6.07 Å². The van der Waals surface area contributed by atoms with Crippen LogP contribution in [0.15, 0.2) is 24.3 Å². The molecule has 3 atom stereocenters. The summed E-state index contributed by atoms with van der Waals surface area (Å²) in [5, 5.41) is 3.34. The second-order valence-electron chi connectivity index (χ2n) is 5.59. The summed E-state index contributed by atoms with van der Waals surface area (Å²) >= 11 is 0. The summed E-state index contributed by atoms with van der Waals surface area (Å²) in [6, 6.07) is 5.90. The smallest absolute Gasteiger partial charge is 0.307 e. The zero-order chi connectivity index (χ0) is 14.0. The van der Waals surface area contributed by atoms with Crippen molar-refractivity contribution < 1.29 is 13.2 Å². The van der Waals surface area contributed by atoms with Gasteiger partial charge in [-0.1, -0.05) is 25.1 Å². The van der Waals surface area contributed by atoms with Crippen molar-refractivity contribution in [3.8, 4) is 0 Å². The zero-order valence-corrected chi connectivity index (χ0v) is 11.3. The fourth-order valence-electron chi connectivity index (χ4n) is 2.93. The minimum atomic E-state index is -4.28. The highest BCUT2D eigenvalue weighted by Gasteiger charge is 2.34. The zero-order valence-electron chi connectivity index (χ0n) is 11.3. The second-order valence-corrected chi connectivity index (χ2v) is 5.59. The van der Waals surface area contributed by atoms with Gasteiger partial charge in [0.15, 0.2) is 0 Å². The number of benzene rings is 1. The van der Waals surface area contributed by atoms with Crippen molar-refractivity contribution in [3.05, 3.63) is 35.4 Å². The highest BCUT2D eigenvalue weighted by atomic mass is 19.4. The van der Waals surface area contributed by atoms with Crippen LogP contribution in [0.2, 0.25) is 0 Å². The lowest BCUT2D eigenvalue weighted by molar-refractivity contribution is -0.138. The van der Waals surface area contributed by atoms with Gasteiger partial charge in [-0.25, -0.2) is 0 Å². The molecule has 0 saturated heterocycles. The molecule has 19 heavy (non-hydrogen) atoms. The number of nitrogens with one attached hydrogen (secondary N) is 1. The Morgan fingerprint density at radius 2 is 1.89 bits per heavy atom. The summed E-state index contributed by atoms with van der Waals surface area (Å²) in [4.78, 5) is 0. The van der Waals surface area contributed by atoms with E-state index in [9.17, 15) is 13.2 Å². The minimum absolute atomic E-state index is 0.270. The summed E-state index contributed by atoms with van der Waals surface area (Å²) in [7, 11) is 0. The molecule has 0 aliphatic heterocycles. The first-order chi connectivity index (χ1) is 8.88. The Kier molecular flexibility index (Phi) is 4.19. The largest absolute Gasteiger partial charge is 0.416 e. The molecule has 1 aromatic carbocycles. The lowest BCUT2D eigenvalue weighted by Crippen LogP contribution is -2.30. The van der Waals surface area contributed by atoms with E-state index in [1.54, 1.807) is 12.1 Å². The fraction of sp³-hybridized carbons (Fsp3) is 0.600. The highest BCUT2D eigenvalue weighted by Crippen LogP contribution is 2.35. The molecule has 3 unspecified atom stereocenters. The Bertz CT molecular complexity index is 428. The van der Waals surface area contributed by atoms with Crippen LogP contribution in [0.4, 0.5) is 13.2 Å². The number of halogens is 3. The molecule has 1 aliphatic rings. The first kappa shape index (κ1) is 14.4.